The molecule has 1 aliphatic heterocycles. The summed E-state index contributed by atoms with van der Waals surface area (Å²) in [5.74, 6) is -1.14. The molecule has 76 valence electrons. The molecule has 0 bridgehead atoms. The zero-order valence-corrected chi connectivity index (χ0v) is 7.50. The Bertz CT molecular complexity index is 304. The molecular weight excluding hydrogens is 190 g/mol. The number of benzene rings is 1. The molecule has 0 aliphatic carbocycles. The number of hydrogen-bond donors (Lipinski definition) is 0. The molecule has 1 aliphatic rings. The molecule has 0 unspecified atom stereocenters. The lowest BCUT2D eigenvalue weighted by molar-refractivity contribution is 0.0996. The zero-order chi connectivity index (χ0) is 9.97. The van der Waals surface area contributed by atoms with E-state index in [1.165, 1.54) is 18.2 Å². The number of ether oxygens (including phenoxy) is 2. The maximum Gasteiger partial charge on any atom is 0.131 e. The van der Waals surface area contributed by atoms with Crippen LogP contribution < -0.4 is 0 Å². The molecule has 1 atom stereocenters. The van der Waals surface area contributed by atoms with Gasteiger partial charge in [0.2, 0.25) is 0 Å². The minimum atomic E-state index is -0.568. The van der Waals surface area contributed by atoms with Crippen molar-refractivity contribution in [3.05, 3.63) is 35.4 Å². The lowest BCUT2D eigenvalue weighted by Gasteiger charge is -2.04. The van der Waals surface area contributed by atoms with Gasteiger partial charge < -0.3 is 9.47 Å². The van der Waals surface area contributed by atoms with Crippen LogP contribution in [0.15, 0.2) is 18.2 Å². The highest BCUT2D eigenvalue weighted by molar-refractivity contribution is 5.18. The molecule has 4 heteroatoms. The SMILES string of the molecule is Fc1cccc(F)c1COC[C@H]1CO1. The summed E-state index contributed by atoms with van der Waals surface area (Å²) in [6.45, 7) is 1.03. The second-order valence-corrected chi connectivity index (χ2v) is 3.17. The average Bonchev–Trinajstić information content (AvgIpc) is 2.94. The molecule has 0 amide bonds. The molecule has 0 radical (unpaired) electrons. The molecule has 2 rings (SSSR count). The van der Waals surface area contributed by atoms with Gasteiger partial charge >= 0.3 is 0 Å². The van der Waals surface area contributed by atoms with Gasteiger partial charge in [0.05, 0.1) is 19.8 Å². The van der Waals surface area contributed by atoms with Crippen molar-refractivity contribution in [3.63, 3.8) is 0 Å². The highest BCUT2D eigenvalue weighted by Crippen LogP contribution is 2.15. The van der Waals surface area contributed by atoms with Crippen LogP contribution in [0.25, 0.3) is 0 Å². The van der Waals surface area contributed by atoms with Crippen LogP contribution in [0, 0.1) is 11.6 Å². The van der Waals surface area contributed by atoms with Crippen molar-refractivity contribution >= 4 is 0 Å². The van der Waals surface area contributed by atoms with E-state index in [4.69, 9.17) is 9.47 Å². The van der Waals surface area contributed by atoms with Gasteiger partial charge in [-0.3, -0.25) is 0 Å². The maximum absolute atomic E-state index is 13.0. The Balaban J connectivity index is 1.92. The first-order valence-corrected chi connectivity index (χ1v) is 4.39. The van der Waals surface area contributed by atoms with Gasteiger partial charge in [0.25, 0.3) is 0 Å². The van der Waals surface area contributed by atoms with Gasteiger partial charge in [-0.05, 0) is 12.1 Å². The summed E-state index contributed by atoms with van der Waals surface area (Å²) < 4.78 is 36.1. The molecule has 1 fully saturated rings. The summed E-state index contributed by atoms with van der Waals surface area (Å²) >= 11 is 0. The summed E-state index contributed by atoms with van der Waals surface area (Å²) in [5, 5.41) is 0. The minimum Gasteiger partial charge on any atom is -0.374 e. The molecule has 0 spiro atoms. The van der Waals surface area contributed by atoms with Crippen molar-refractivity contribution < 1.29 is 18.3 Å². The van der Waals surface area contributed by atoms with E-state index in [1.807, 2.05) is 0 Å². The first-order chi connectivity index (χ1) is 6.77. The number of rotatable bonds is 4. The van der Waals surface area contributed by atoms with Crippen LogP contribution in [0.5, 0.6) is 0 Å². The molecule has 0 saturated carbocycles. The smallest absolute Gasteiger partial charge is 0.131 e. The number of hydrogen-bond acceptors (Lipinski definition) is 2. The van der Waals surface area contributed by atoms with Crippen LogP contribution in [-0.2, 0) is 16.1 Å². The molecule has 1 heterocycles. The molecule has 1 aromatic carbocycles. The van der Waals surface area contributed by atoms with E-state index in [0.29, 0.717) is 13.2 Å². The Kier molecular flexibility index (Phi) is 2.74. The van der Waals surface area contributed by atoms with Crippen LogP contribution in [0.2, 0.25) is 0 Å². The van der Waals surface area contributed by atoms with E-state index in [0.717, 1.165) is 0 Å². The van der Waals surface area contributed by atoms with E-state index >= 15 is 0 Å². The topological polar surface area (TPSA) is 21.8 Å². The quantitative estimate of drug-likeness (QED) is 0.692. The van der Waals surface area contributed by atoms with E-state index in [-0.39, 0.29) is 18.3 Å². The Morgan fingerprint density at radius 3 is 2.57 bits per heavy atom. The van der Waals surface area contributed by atoms with Crippen LogP contribution in [0.4, 0.5) is 8.78 Å². The third-order valence-electron chi connectivity index (χ3n) is 2.01. The van der Waals surface area contributed by atoms with E-state index in [9.17, 15) is 8.78 Å². The average molecular weight is 200 g/mol. The van der Waals surface area contributed by atoms with E-state index in [1.54, 1.807) is 0 Å². The Morgan fingerprint density at radius 2 is 2.00 bits per heavy atom. The summed E-state index contributed by atoms with van der Waals surface area (Å²) in [5.41, 5.74) is -0.0202. The highest BCUT2D eigenvalue weighted by atomic mass is 19.1. The predicted molar refractivity (Wildman–Crippen MR) is 45.8 cm³/mol. The fraction of sp³-hybridized carbons (Fsp3) is 0.400. The van der Waals surface area contributed by atoms with Crippen LogP contribution in [0.1, 0.15) is 5.56 Å². The standard InChI is InChI=1S/C10H10F2O2/c11-9-2-1-3-10(12)8(9)6-13-4-7-5-14-7/h1-3,7H,4-6H2/t7-/m0/s1. The fourth-order valence-electron chi connectivity index (χ4n) is 1.13. The van der Waals surface area contributed by atoms with Gasteiger partial charge in [0.1, 0.15) is 17.7 Å². The minimum absolute atomic E-state index is 0.0202. The monoisotopic (exact) mass is 200 g/mol. The van der Waals surface area contributed by atoms with Gasteiger partial charge in [-0.15, -0.1) is 0 Å². The fourth-order valence-corrected chi connectivity index (χ4v) is 1.13. The van der Waals surface area contributed by atoms with Crippen LogP contribution >= 0.6 is 0 Å². The second-order valence-electron chi connectivity index (χ2n) is 3.17. The summed E-state index contributed by atoms with van der Waals surface area (Å²) in [7, 11) is 0. The normalized spacial score (nSPS) is 19.7. The lowest BCUT2D eigenvalue weighted by atomic mass is 10.2. The van der Waals surface area contributed by atoms with Crippen molar-refractivity contribution in [1.82, 2.24) is 0 Å². The molecule has 2 nitrogen and oxygen atoms in total. The zero-order valence-electron chi connectivity index (χ0n) is 7.50. The highest BCUT2D eigenvalue weighted by Gasteiger charge is 2.22. The molecule has 1 aromatic rings. The predicted octanol–water partition coefficient (Wildman–Crippen LogP) is 1.88. The first-order valence-electron chi connectivity index (χ1n) is 4.39. The van der Waals surface area contributed by atoms with Gasteiger partial charge in [0.15, 0.2) is 0 Å². The maximum atomic E-state index is 13.0. The summed E-state index contributed by atoms with van der Waals surface area (Å²) in [6, 6.07) is 3.77. The van der Waals surface area contributed by atoms with Gasteiger partial charge in [0, 0.05) is 5.56 Å². The summed E-state index contributed by atoms with van der Waals surface area (Å²) in [4.78, 5) is 0. The third-order valence-corrected chi connectivity index (χ3v) is 2.01. The number of halogens is 2. The Labute approximate surface area is 80.4 Å². The molecule has 14 heavy (non-hydrogen) atoms. The van der Waals surface area contributed by atoms with E-state index < -0.39 is 11.6 Å². The first kappa shape index (κ1) is 9.55. The van der Waals surface area contributed by atoms with E-state index in [2.05, 4.69) is 0 Å². The van der Waals surface area contributed by atoms with Crippen molar-refractivity contribution in [2.24, 2.45) is 0 Å². The van der Waals surface area contributed by atoms with Crippen LogP contribution in [0.3, 0.4) is 0 Å². The van der Waals surface area contributed by atoms with Crippen LogP contribution in [-0.4, -0.2) is 19.3 Å². The van der Waals surface area contributed by atoms with Crippen molar-refractivity contribution in [1.29, 1.82) is 0 Å². The van der Waals surface area contributed by atoms with Crippen molar-refractivity contribution in [3.8, 4) is 0 Å². The summed E-state index contributed by atoms with van der Waals surface area (Å²) in [6.07, 6.45) is 0.116. The largest absolute Gasteiger partial charge is 0.374 e. The molecular formula is C10H10F2O2. The molecule has 0 N–H and O–H groups in total. The van der Waals surface area contributed by atoms with Crippen molar-refractivity contribution in [2.75, 3.05) is 13.2 Å². The second kappa shape index (κ2) is 4.02. The van der Waals surface area contributed by atoms with Crippen molar-refractivity contribution in [2.45, 2.75) is 12.7 Å². The number of epoxide rings is 1. The van der Waals surface area contributed by atoms with Gasteiger partial charge in [-0.25, -0.2) is 8.78 Å². The molecule has 0 aromatic heterocycles. The van der Waals surface area contributed by atoms with Gasteiger partial charge in [-0.2, -0.15) is 0 Å². The molecule has 1 saturated heterocycles. The lowest BCUT2D eigenvalue weighted by Crippen LogP contribution is -2.04. The Morgan fingerprint density at radius 1 is 1.36 bits per heavy atom. The van der Waals surface area contributed by atoms with Gasteiger partial charge in [-0.1, -0.05) is 6.07 Å². The third kappa shape index (κ3) is 2.27. The Hall–Kier alpha value is -1.00.